The Morgan fingerprint density at radius 3 is 2.70 bits per heavy atom. The van der Waals surface area contributed by atoms with Crippen molar-refractivity contribution < 1.29 is 9.13 Å². The van der Waals surface area contributed by atoms with Crippen molar-refractivity contribution in [3.05, 3.63) is 53.8 Å². The fourth-order valence-electron chi connectivity index (χ4n) is 1.87. The third-order valence-corrected chi connectivity index (χ3v) is 3.65. The number of para-hydroxylation sites is 1. The largest absolute Gasteiger partial charge is 0.456 e. The Morgan fingerprint density at radius 1 is 1.15 bits per heavy atom. The smallest absolute Gasteiger partial charge is 0.140 e. The van der Waals surface area contributed by atoms with Gasteiger partial charge in [-0.25, -0.2) is 4.39 Å². The molecule has 20 heavy (non-hydrogen) atoms. The van der Waals surface area contributed by atoms with Gasteiger partial charge in [-0.2, -0.15) is 0 Å². The molecular formula is C16H18FNOS. The van der Waals surface area contributed by atoms with Crippen molar-refractivity contribution in [2.45, 2.75) is 18.4 Å². The number of benzene rings is 2. The standard InChI is InChI=1S/C16H18FNOS/c1-3-18-11-12-10-13(17)8-9-14(12)19-15-6-4-5-7-16(15)20-2/h4-10,18H,3,11H2,1-2H3. The van der Waals surface area contributed by atoms with Gasteiger partial charge in [-0.05, 0) is 43.1 Å². The summed E-state index contributed by atoms with van der Waals surface area (Å²) in [6.07, 6.45) is 2.01. The van der Waals surface area contributed by atoms with Gasteiger partial charge in [0.15, 0.2) is 0 Å². The first kappa shape index (κ1) is 14.9. The predicted molar refractivity (Wildman–Crippen MR) is 82.1 cm³/mol. The molecule has 0 saturated carbocycles. The monoisotopic (exact) mass is 291 g/mol. The van der Waals surface area contributed by atoms with E-state index in [0.717, 1.165) is 22.8 Å². The van der Waals surface area contributed by atoms with E-state index in [-0.39, 0.29) is 5.82 Å². The summed E-state index contributed by atoms with van der Waals surface area (Å²) in [7, 11) is 0. The Kier molecular flexibility index (Phi) is 5.44. The van der Waals surface area contributed by atoms with Crippen LogP contribution in [-0.2, 0) is 6.54 Å². The van der Waals surface area contributed by atoms with Crippen molar-refractivity contribution in [3.63, 3.8) is 0 Å². The molecule has 0 spiro atoms. The van der Waals surface area contributed by atoms with Gasteiger partial charge in [-0.1, -0.05) is 19.1 Å². The van der Waals surface area contributed by atoms with Gasteiger partial charge in [-0.15, -0.1) is 11.8 Å². The lowest BCUT2D eigenvalue weighted by Gasteiger charge is -2.13. The van der Waals surface area contributed by atoms with Crippen LogP contribution < -0.4 is 10.1 Å². The second-order valence-corrected chi connectivity index (χ2v) is 5.13. The molecule has 0 aliphatic carbocycles. The Bertz CT molecular complexity index is 574. The Hall–Kier alpha value is -1.52. The van der Waals surface area contributed by atoms with Crippen LogP contribution in [0.4, 0.5) is 4.39 Å². The molecular weight excluding hydrogens is 273 g/mol. The fraction of sp³-hybridized carbons (Fsp3) is 0.250. The van der Waals surface area contributed by atoms with Crippen molar-refractivity contribution in [2.75, 3.05) is 12.8 Å². The van der Waals surface area contributed by atoms with Crippen molar-refractivity contribution in [3.8, 4) is 11.5 Å². The molecule has 4 heteroatoms. The van der Waals surface area contributed by atoms with Crippen LogP contribution in [0.3, 0.4) is 0 Å². The van der Waals surface area contributed by atoms with Gasteiger partial charge in [0, 0.05) is 17.0 Å². The van der Waals surface area contributed by atoms with Gasteiger partial charge in [0.05, 0.1) is 0 Å². The van der Waals surface area contributed by atoms with E-state index < -0.39 is 0 Å². The zero-order valence-electron chi connectivity index (χ0n) is 11.7. The van der Waals surface area contributed by atoms with E-state index in [4.69, 9.17) is 4.74 Å². The number of hydrogen-bond donors (Lipinski definition) is 1. The first-order chi connectivity index (χ1) is 9.74. The van der Waals surface area contributed by atoms with Crippen LogP contribution in [0.1, 0.15) is 12.5 Å². The van der Waals surface area contributed by atoms with E-state index in [1.54, 1.807) is 17.8 Å². The van der Waals surface area contributed by atoms with Gasteiger partial charge >= 0.3 is 0 Å². The van der Waals surface area contributed by atoms with Crippen LogP contribution in [0.15, 0.2) is 47.4 Å². The number of rotatable bonds is 6. The van der Waals surface area contributed by atoms with E-state index in [2.05, 4.69) is 5.32 Å². The van der Waals surface area contributed by atoms with Crippen LogP contribution >= 0.6 is 11.8 Å². The molecule has 0 amide bonds. The van der Waals surface area contributed by atoms with Gasteiger partial charge in [-0.3, -0.25) is 0 Å². The van der Waals surface area contributed by atoms with Gasteiger partial charge in [0.25, 0.3) is 0 Å². The highest BCUT2D eigenvalue weighted by Crippen LogP contribution is 2.33. The Morgan fingerprint density at radius 2 is 1.95 bits per heavy atom. The number of nitrogens with one attached hydrogen (secondary N) is 1. The highest BCUT2D eigenvalue weighted by molar-refractivity contribution is 7.98. The molecule has 0 radical (unpaired) electrons. The first-order valence-corrected chi connectivity index (χ1v) is 7.77. The Labute approximate surface area is 123 Å². The minimum Gasteiger partial charge on any atom is -0.456 e. The minimum atomic E-state index is -0.247. The third kappa shape index (κ3) is 3.74. The maximum atomic E-state index is 13.4. The number of thioether (sulfide) groups is 1. The van der Waals surface area contributed by atoms with E-state index in [9.17, 15) is 4.39 Å². The third-order valence-electron chi connectivity index (χ3n) is 2.88. The molecule has 106 valence electrons. The second kappa shape index (κ2) is 7.31. The summed E-state index contributed by atoms with van der Waals surface area (Å²) in [4.78, 5) is 1.06. The van der Waals surface area contributed by atoms with Crippen molar-refractivity contribution in [2.24, 2.45) is 0 Å². The molecule has 0 aliphatic rings. The topological polar surface area (TPSA) is 21.3 Å². The predicted octanol–water partition coefficient (Wildman–Crippen LogP) is 4.45. The number of ether oxygens (including phenoxy) is 1. The van der Waals surface area contributed by atoms with E-state index in [0.29, 0.717) is 12.3 Å². The molecule has 2 nitrogen and oxygen atoms in total. The zero-order chi connectivity index (χ0) is 14.4. The van der Waals surface area contributed by atoms with Crippen LogP contribution in [0.2, 0.25) is 0 Å². The number of hydrogen-bond acceptors (Lipinski definition) is 3. The quantitative estimate of drug-likeness (QED) is 0.795. The van der Waals surface area contributed by atoms with Crippen LogP contribution in [0.25, 0.3) is 0 Å². The van der Waals surface area contributed by atoms with Crippen LogP contribution in [-0.4, -0.2) is 12.8 Å². The molecule has 0 aliphatic heterocycles. The average molecular weight is 291 g/mol. The normalized spacial score (nSPS) is 10.6. The molecule has 0 fully saturated rings. The SMILES string of the molecule is CCNCc1cc(F)ccc1Oc1ccccc1SC. The minimum absolute atomic E-state index is 0.247. The molecule has 0 aromatic heterocycles. The molecule has 0 atom stereocenters. The van der Waals surface area contributed by atoms with Gasteiger partial charge < -0.3 is 10.1 Å². The van der Waals surface area contributed by atoms with Gasteiger partial charge in [0.2, 0.25) is 0 Å². The summed E-state index contributed by atoms with van der Waals surface area (Å²) in [6, 6.07) is 12.5. The molecule has 0 heterocycles. The Balaban J connectivity index is 2.28. The maximum absolute atomic E-state index is 13.4. The highest BCUT2D eigenvalue weighted by atomic mass is 32.2. The van der Waals surface area contributed by atoms with E-state index in [1.807, 2.05) is 37.4 Å². The first-order valence-electron chi connectivity index (χ1n) is 6.54. The highest BCUT2D eigenvalue weighted by Gasteiger charge is 2.09. The molecule has 0 saturated heterocycles. The van der Waals surface area contributed by atoms with Crippen molar-refractivity contribution >= 4 is 11.8 Å². The maximum Gasteiger partial charge on any atom is 0.140 e. The zero-order valence-corrected chi connectivity index (χ0v) is 12.5. The lowest BCUT2D eigenvalue weighted by atomic mass is 10.2. The summed E-state index contributed by atoms with van der Waals surface area (Å²) in [6.45, 7) is 3.44. The molecule has 2 aromatic rings. The molecule has 2 aromatic carbocycles. The van der Waals surface area contributed by atoms with Crippen LogP contribution in [0.5, 0.6) is 11.5 Å². The summed E-state index contributed by atoms with van der Waals surface area (Å²) in [5.41, 5.74) is 0.822. The van der Waals surface area contributed by atoms with Crippen LogP contribution in [0, 0.1) is 5.82 Å². The summed E-state index contributed by atoms with van der Waals surface area (Å²) in [5, 5.41) is 3.19. The van der Waals surface area contributed by atoms with E-state index in [1.165, 1.54) is 12.1 Å². The molecule has 0 unspecified atom stereocenters. The average Bonchev–Trinajstić information content (AvgIpc) is 2.48. The van der Waals surface area contributed by atoms with E-state index >= 15 is 0 Å². The lowest BCUT2D eigenvalue weighted by Crippen LogP contribution is -2.12. The summed E-state index contributed by atoms with van der Waals surface area (Å²) < 4.78 is 19.3. The molecule has 0 bridgehead atoms. The fourth-order valence-corrected chi connectivity index (χ4v) is 2.39. The van der Waals surface area contributed by atoms with Gasteiger partial charge in [0.1, 0.15) is 17.3 Å². The summed E-state index contributed by atoms with van der Waals surface area (Å²) in [5.74, 6) is 1.24. The van der Waals surface area contributed by atoms with Crippen molar-refractivity contribution in [1.82, 2.24) is 5.32 Å². The van der Waals surface area contributed by atoms with Crippen molar-refractivity contribution in [1.29, 1.82) is 0 Å². The molecule has 1 N–H and O–H groups in total. The second-order valence-electron chi connectivity index (χ2n) is 4.29. The number of halogens is 1. The lowest BCUT2D eigenvalue weighted by molar-refractivity contribution is 0.460. The molecule has 2 rings (SSSR count). The summed E-state index contributed by atoms with van der Waals surface area (Å²) >= 11 is 1.63.